The Morgan fingerprint density at radius 1 is 1.22 bits per heavy atom. The molecule has 0 aliphatic rings. The number of carbonyl (C=O) groups is 2. The Morgan fingerprint density at radius 2 is 1.78 bits per heavy atom. The van der Waals surface area contributed by atoms with E-state index in [1.807, 2.05) is 0 Å². The van der Waals surface area contributed by atoms with Gasteiger partial charge >= 0.3 is 0 Å². The predicted molar refractivity (Wildman–Crippen MR) is 68.8 cm³/mol. The number of carbonyl (C=O) groups excluding carboxylic acids is 2. The van der Waals surface area contributed by atoms with Crippen molar-refractivity contribution in [2.75, 3.05) is 26.8 Å². The van der Waals surface area contributed by atoms with E-state index in [1.165, 1.54) is 0 Å². The van der Waals surface area contributed by atoms with Gasteiger partial charge in [0.15, 0.2) is 0 Å². The molecule has 0 aliphatic heterocycles. The lowest BCUT2D eigenvalue weighted by Crippen LogP contribution is -2.51. The largest absolute Gasteiger partial charge is 0.383 e. The van der Waals surface area contributed by atoms with Crippen molar-refractivity contribution in [2.24, 2.45) is 0 Å². The van der Waals surface area contributed by atoms with E-state index in [4.69, 9.17) is 11.2 Å². The Labute approximate surface area is 108 Å². The van der Waals surface area contributed by atoms with Crippen LogP contribution in [0.15, 0.2) is 0 Å². The Kier molecular flexibility index (Phi) is 8.62. The normalized spacial score (nSPS) is 13.2. The fraction of sp³-hybridized carbons (Fsp3) is 0.667. The standard InChI is InChI=1S/C12H21N3O3/c1-5-6-13-11(16)9(2)15-10(3)12(17)14-7-8-18-4/h1,9-10,15H,6-8H2,2-4H3,(H,13,16)(H,14,17). The van der Waals surface area contributed by atoms with E-state index in [2.05, 4.69) is 21.9 Å². The van der Waals surface area contributed by atoms with Crippen molar-refractivity contribution in [3.63, 3.8) is 0 Å². The van der Waals surface area contributed by atoms with Gasteiger partial charge in [0.2, 0.25) is 11.8 Å². The molecular weight excluding hydrogens is 234 g/mol. The summed E-state index contributed by atoms with van der Waals surface area (Å²) in [5, 5.41) is 8.10. The zero-order valence-corrected chi connectivity index (χ0v) is 11.1. The summed E-state index contributed by atoms with van der Waals surface area (Å²) >= 11 is 0. The summed E-state index contributed by atoms with van der Waals surface area (Å²) < 4.78 is 4.82. The SMILES string of the molecule is C#CCNC(=O)C(C)NC(C)C(=O)NCCOC. The number of terminal acetylenes is 1. The van der Waals surface area contributed by atoms with Gasteiger partial charge in [0.1, 0.15) is 0 Å². The van der Waals surface area contributed by atoms with E-state index < -0.39 is 12.1 Å². The molecule has 6 nitrogen and oxygen atoms in total. The Morgan fingerprint density at radius 3 is 2.28 bits per heavy atom. The number of hydrogen-bond donors (Lipinski definition) is 3. The van der Waals surface area contributed by atoms with Crippen LogP contribution in [-0.2, 0) is 14.3 Å². The maximum Gasteiger partial charge on any atom is 0.237 e. The van der Waals surface area contributed by atoms with Crippen LogP contribution in [0.1, 0.15) is 13.8 Å². The van der Waals surface area contributed by atoms with Crippen LogP contribution in [0.25, 0.3) is 0 Å². The number of ether oxygens (including phenoxy) is 1. The molecule has 0 aromatic rings. The molecule has 0 aromatic heterocycles. The second-order valence-corrected chi connectivity index (χ2v) is 3.82. The fourth-order valence-corrected chi connectivity index (χ4v) is 1.25. The van der Waals surface area contributed by atoms with E-state index in [0.29, 0.717) is 13.2 Å². The van der Waals surface area contributed by atoms with Gasteiger partial charge in [-0.15, -0.1) is 6.42 Å². The van der Waals surface area contributed by atoms with Gasteiger partial charge in [-0.1, -0.05) is 5.92 Å². The smallest absolute Gasteiger partial charge is 0.237 e. The molecule has 0 radical (unpaired) electrons. The van der Waals surface area contributed by atoms with Gasteiger partial charge in [-0.2, -0.15) is 0 Å². The van der Waals surface area contributed by atoms with E-state index in [1.54, 1.807) is 21.0 Å². The maximum atomic E-state index is 11.6. The van der Waals surface area contributed by atoms with Crippen LogP contribution in [0.4, 0.5) is 0 Å². The van der Waals surface area contributed by atoms with Crippen LogP contribution in [0.3, 0.4) is 0 Å². The lowest BCUT2D eigenvalue weighted by Gasteiger charge is -2.18. The monoisotopic (exact) mass is 255 g/mol. The van der Waals surface area contributed by atoms with Gasteiger partial charge in [0.25, 0.3) is 0 Å². The average molecular weight is 255 g/mol. The highest BCUT2D eigenvalue weighted by molar-refractivity contribution is 5.84. The summed E-state index contributed by atoms with van der Waals surface area (Å²) in [5.74, 6) is 1.90. The van der Waals surface area contributed by atoms with Gasteiger partial charge in [0, 0.05) is 13.7 Å². The summed E-state index contributed by atoms with van der Waals surface area (Å²) in [6.07, 6.45) is 5.03. The minimum absolute atomic E-state index is 0.177. The molecule has 2 atom stereocenters. The molecule has 3 N–H and O–H groups in total. The van der Waals surface area contributed by atoms with Gasteiger partial charge in [-0.25, -0.2) is 0 Å². The number of amides is 2. The predicted octanol–water partition coefficient (Wildman–Crippen LogP) is -1.13. The number of hydrogen-bond acceptors (Lipinski definition) is 4. The molecule has 2 amide bonds. The lowest BCUT2D eigenvalue weighted by molar-refractivity contribution is -0.125. The first-order valence-electron chi connectivity index (χ1n) is 5.76. The summed E-state index contributed by atoms with van der Waals surface area (Å²) in [6, 6.07) is -0.949. The summed E-state index contributed by atoms with van der Waals surface area (Å²) in [5.41, 5.74) is 0. The third-order valence-electron chi connectivity index (χ3n) is 2.26. The number of methoxy groups -OCH3 is 1. The van der Waals surface area contributed by atoms with Gasteiger partial charge in [0.05, 0.1) is 25.2 Å². The average Bonchev–Trinajstić information content (AvgIpc) is 2.35. The van der Waals surface area contributed by atoms with E-state index in [9.17, 15) is 9.59 Å². The van der Waals surface area contributed by atoms with Crippen LogP contribution in [0.5, 0.6) is 0 Å². The molecule has 0 aliphatic carbocycles. The van der Waals surface area contributed by atoms with Crippen LogP contribution in [0.2, 0.25) is 0 Å². The van der Waals surface area contributed by atoms with Crippen molar-refractivity contribution >= 4 is 11.8 Å². The minimum Gasteiger partial charge on any atom is -0.383 e. The summed E-state index contributed by atoms with van der Waals surface area (Å²) in [4.78, 5) is 23.1. The fourth-order valence-electron chi connectivity index (χ4n) is 1.25. The quantitative estimate of drug-likeness (QED) is 0.378. The van der Waals surface area contributed by atoms with E-state index in [-0.39, 0.29) is 18.4 Å². The van der Waals surface area contributed by atoms with E-state index in [0.717, 1.165) is 0 Å². The highest BCUT2D eigenvalue weighted by atomic mass is 16.5. The number of rotatable bonds is 8. The first-order chi connectivity index (χ1) is 8.52. The molecule has 0 saturated heterocycles. The summed E-state index contributed by atoms with van der Waals surface area (Å²) in [6.45, 7) is 4.44. The van der Waals surface area contributed by atoms with Crippen LogP contribution < -0.4 is 16.0 Å². The van der Waals surface area contributed by atoms with Crippen molar-refractivity contribution in [1.82, 2.24) is 16.0 Å². The zero-order chi connectivity index (χ0) is 14.0. The first kappa shape index (κ1) is 16.4. The minimum atomic E-state index is -0.485. The molecule has 0 aromatic carbocycles. The molecule has 0 heterocycles. The number of nitrogens with one attached hydrogen (secondary N) is 3. The van der Waals surface area contributed by atoms with Crippen LogP contribution >= 0.6 is 0 Å². The molecule has 102 valence electrons. The van der Waals surface area contributed by atoms with Crippen LogP contribution in [0, 0.1) is 12.3 Å². The zero-order valence-electron chi connectivity index (χ0n) is 11.1. The molecule has 6 heteroatoms. The Hall–Kier alpha value is -1.58. The molecule has 0 fully saturated rings. The molecule has 0 spiro atoms. The topological polar surface area (TPSA) is 79.5 Å². The van der Waals surface area contributed by atoms with Gasteiger partial charge in [-0.05, 0) is 13.8 Å². The third kappa shape index (κ3) is 6.89. The maximum absolute atomic E-state index is 11.6. The Bertz CT molecular complexity index is 312. The lowest BCUT2D eigenvalue weighted by atomic mass is 10.2. The second kappa shape index (κ2) is 9.45. The molecule has 18 heavy (non-hydrogen) atoms. The molecule has 0 rings (SSSR count). The van der Waals surface area contributed by atoms with Crippen molar-refractivity contribution in [3.8, 4) is 12.3 Å². The van der Waals surface area contributed by atoms with Gasteiger partial charge < -0.3 is 15.4 Å². The molecule has 0 saturated carbocycles. The highest BCUT2D eigenvalue weighted by Gasteiger charge is 2.18. The first-order valence-corrected chi connectivity index (χ1v) is 5.76. The second-order valence-electron chi connectivity index (χ2n) is 3.82. The highest BCUT2D eigenvalue weighted by Crippen LogP contribution is 1.88. The van der Waals surface area contributed by atoms with Crippen molar-refractivity contribution < 1.29 is 14.3 Å². The summed E-state index contributed by atoms with van der Waals surface area (Å²) in [7, 11) is 1.56. The molecular formula is C12H21N3O3. The molecule has 0 bridgehead atoms. The Balaban J connectivity index is 3.98. The van der Waals surface area contributed by atoms with E-state index >= 15 is 0 Å². The third-order valence-corrected chi connectivity index (χ3v) is 2.26. The van der Waals surface area contributed by atoms with Crippen molar-refractivity contribution in [3.05, 3.63) is 0 Å². The van der Waals surface area contributed by atoms with Crippen molar-refractivity contribution in [1.29, 1.82) is 0 Å². The van der Waals surface area contributed by atoms with Gasteiger partial charge in [-0.3, -0.25) is 14.9 Å². The van der Waals surface area contributed by atoms with Crippen LogP contribution in [-0.4, -0.2) is 50.7 Å². The molecule has 2 unspecified atom stereocenters. The van der Waals surface area contributed by atoms with Crippen molar-refractivity contribution in [2.45, 2.75) is 25.9 Å².